The molecule has 9 nitrogen and oxygen atoms in total. The summed E-state index contributed by atoms with van der Waals surface area (Å²) < 4.78 is 0. The predicted octanol–water partition coefficient (Wildman–Crippen LogP) is 0.579. The second-order valence-electron chi connectivity index (χ2n) is 8.49. The van der Waals surface area contributed by atoms with E-state index in [0.717, 1.165) is 44.7 Å². The molecule has 3 rings (SSSR count). The third-order valence-electron chi connectivity index (χ3n) is 6.20. The molecular formula is C23H36N6O3. The van der Waals surface area contributed by atoms with E-state index in [1.54, 1.807) is 12.1 Å². The molecule has 1 aromatic rings. The summed E-state index contributed by atoms with van der Waals surface area (Å²) in [5, 5.41) is 3.05. The monoisotopic (exact) mass is 444 g/mol. The molecule has 3 amide bonds. The molecule has 1 aliphatic heterocycles. The predicted molar refractivity (Wildman–Crippen MR) is 124 cm³/mol. The van der Waals surface area contributed by atoms with Crippen molar-refractivity contribution in [1.29, 1.82) is 0 Å². The Bertz CT molecular complexity index is 783. The van der Waals surface area contributed by atoms with E-state index in [2.05, 4.69) is 39.8 Å². The Morgan fingerprint density at radius 2 is 1.62 bits per heavy atom. The maximum absolute atomic E-state index is 12.3. The number of rotatable bonds is 9. The average Bonchev–Trinajstić information content (AvgIpc) is 3.63. The Kier molecular flexibility index (Phi) is 8.46. The second-order valence-corrected chi connectivity index (χ2v) is 8.49. The number of hydrazine groups is 1. The lowest BCUT2D eigenvalue weighted by atomic mass is 10.2. The molecule has 1 aromatic carbocycles. The molecule has 0 bridgehead atoms. The topological polar surface area (TPSA) is 97.0 Å². The van der Waals surface area contributed by atoms with E-state index < -0.39 is 0 Å². The first-order valence-corrected chi connectivity index (χ1v) is 11.6. The van der Waals surface area contributed by atoms with Crippen molar-refractivity contribution in [2.24, 2.45) is 0 Å². The van der Waals surface area contributed by atoms with Crippen LogP contribution in [0.15, 0.2) is 24.3 Å². The molecule has 0 aromatic heterocycles. The lowest BCUT2D eigenvalue weighted by Crippen LogP contribution is -2.56. The molecule has 2 aliphatic rings. The Labute approximate surface area is 190 Å². The van der Waals surface area contributed by atoms with Crippen LogP contribution in [-0.2, 0) is 9.59 Å². The van der Waals surface area contributed by atoms with Gasteiger partial charge in [-0.2, -0.15) is 0 Å². The van der Waals surface area contributed by atoms with Crippen molar-refractivity contribution in [3.8, 4) is 0 Å². The van der Waals surface area contributed by atoms with Crippen LogP contribution >= 0.6 is 0 Å². The molecule has 2 fully saturated rings. The highest BCUT2D eigenvalue weighted by molar-refractivity contribution is 5.95. The number of nitrogens with zero attached hydrogens (tertiary/aromatic N) is 3. The number of hydrogen-bond acceptors (Lipinski definition) is 6. The highest BCUT2D eigenvalue weighted by Crippen LogP contribution is 2.19. The lowest BCUT2D eigenvalue weighted by Gasteiger charge is -2.37. The van der Waals surface area contributed by atoms with Crippen LogP contribution in [0.25, 0.3) is 0 Å². The largest absolute Gasteiger partial charge is 0.372 e. The zero-order valence-corrected chi connectivity index (χ0v) is 19.4. The van der Waals surface area contributed by atoms with Crippen molar-refractivity contribution >= 4 is 23.4 Å². The molecular weight excluding hydrogens is 408 g/mol. The fourth-order valence-electron chi connectivity index (χ4n) is 3.88. The molecule has 9 heteroatoms. The highest BCUT2D eigenvalue weighted by Gasteiger charge is 2.30. The fraction of sp³-hybridized carbons (Fsp3) is 0.609. The summed E-state index contributed by atoms with van der Waals surface area (Å²) in [6.45, 7) is 11.0. The van der Waals surface area contributed by atoms with Gasteiger partial charge < -0.3 is 10.2 Å². The van der Waals surface area contributed by atoms with Crippen molar-refractivity contribution in [3.05, 3.63) is 29.8 Å². The number of nitrogens with one attached hydrogen (secondary N) is 3. The van der Waals surface area contributed by atoms with E-state index >= 15 is 0 Å². The van der Waals surface area contributed by atoms with Crippen LogP contribution in [0, 0.1) is 0 Å². The zero-order valence-electron chi connectivity index (χ0n) is 19.4. The molecule has 0 spiro atoms. The number of benzene rings is 1. The Balaban J connectivity index is 1.37. The second kappa shape index (κ2) is 11.3. The molecule has 1 unspecified atom stereocenters. The van der Waals surface area contributed by atoms with E-state index in [4.69, 9.17) is 0 Å². The summed E-state index contributed by atoms with van der Waals surface area (Å²) >= 11 is 0. The normalized spacial score (nSPS) is 18.0. The van der Waals surface area contributed by atoms with E-state index in [-0.39, 0.29) is 30.3 Å². The maximum Gasteiger partial charge on any atom is 0.269 e. The van der Waals surface area contributed by atoms with Crippen LogP contribution in [0.1, 0.15) is 44.0 Å². The number of amides is 3. The lowest BCUT2D eigenvalue weighted by molar-refractivity contribution is -0.128. The maximum atomic E-state index is 12.3. The van der Waals surface area contributed by atoms with Crippen LogP contribution in [0.5, 0.6) is 0 Å². The number of carbonyl (C=O) groups excluding carboxylic acids is 3. The van der Waals surface area contributed by atoms with Crippen molar-refractivity contribution in [1.82, 2.24) is 26.0 Å². The van der Waals surface area contributed by atoms with Gasteiger partial charge in [0.2, 0.25) is 5.91 Å². The van der Waals surface area contributed by atoms with Gasteiger partial charge in [0, 0.05) is 56.6 Å². The third-order valence-corrected chi connectivity index (χ3v) is 6.20. The highest BCUT2D eigenvalue weighted by atomic mass is 16.2. The van der Waals surface area contributed by atoms with Gasteiger partial charge in [-0.25, -0.2) is 0 Å². The first kappa shape index (κ1) is 24.0. The molecule has 1 atom stereocenters. The van der Waals surface area contributed by atoms with Gasteiger partial charge >= 0.3 is 0 Å². The van der Waals surface area contributed by atoms with Crippen LogP contribution in [0.2, 0.25) is 0 Å². The molecule has 1 heterocycles. The Morgan fingerprint density at radius 3 is 2.19 bits per heavy atom. The molecule has 1 aliphatic carbocycles. The third kappa shape index (κ3) is 6.67. The zero-order chi connectivity index (χ0) is 23.1. The summed E-state index contributed by atoms with van der Waals surface area (Å²) in [5.74, 6) is -0.512. The smallest absolute Gasteiger partial charge is 0.269 e. The summed E-state index contributed by atoms with van der Waals surface area (Å²) in [6, 6.07) is 7.55. The molecule has 0 radical (unpaired) electrons. The van der Waals surface area contributed by atoms with Crippen molar-refractivity contribution < 1.29 is 14.4 Å². The summed E-state index contributed by atoms with van der Waals surface area (Å²) in [7, 11) is 0. The van der Waals surface area contributed by atoms with Gasteiger partial charge in [-0.1, -0.05) is 0 Å². The van der Waals surface area contributed by atoms with Gasteiger partial charge in [0.05, 0.1) is 12.6 Å². The van der Waals surface area contributed by atoms with Crippen molar-refractivity contribution in [2.75, 3.05) is 50.7 Å². The van der Waals surface area contributed by atoms with E-state index in [0.29, 0.717) is 24.7 Å². The number of anilines is 1. The quantitative estimate of drug-likeness (QED) is 0.482. The molecule has 176 valence electrons. The number of carbonyl (C=O) groups is 3. The molecule has 3 N–H and O–H groups in total. The van der Waals surface area contributed by atoms with Gasteiger partial charge in [0.25, 0.3) is 11.8 Å². The SMILES string of the molecule is CCN(CC)c1ccc(C(=O)NNC(=O)CN2CCN(C(C)C(=O)NC3CC3)CC2)cc1. The number of hydrogen-bond donors (Lipinski definition) is 3. The minimum absolute atomic E-state index is 0.0894. The van der Waals surface area contributed by atoms with Crippen molar-refractivity contribution in [2.45, 2.75) is 45.7 Å². The van der Waals surface area contributed by atoms with Gasteiger partial charge in [0.15, 0.2) is 0 Å². The summed E-state index contributed by atoms with van der Waals surface area (Å²) in [5.41, 5.74) is 6.55. The van der Waals surface area contributed by atoms with E-state index in [1.165, 1.54) is 0 Å². The van der Waals surface area contributed by atoms with Crippen LogP contribution < -0.4 is 21.1 Å². The van der Waals surface area contributed by atoms with Gasteiger partial charge in [-0.3, -0.25) is 35.0 Å². The van der Waals surface area contributed by atoms with Crippen LogP contribution in [0.4, 0.5) is 5.69 Å². The Hall–Kier alpha value is -2.65. The molecule has 1 saturated heterocycles. The van der Waals surface area contributed by atoms with Gasteiger partial charge in [0.1, 0.15) is 0 Å². The van der Waals surface area contributed by atoms with Crippen LogP contribution in [0.3, 0.4) is 0 Å². The first-order chi connectivity index (χ1) is 15.4. The summed E-state index contributed by atoms with van der Waals surface area (Å²) in [4.78, 5) is 43.2. The van der Waals surface area contributed by atoms with Crippen molar-refractivity contribution in [3.63, 3.8) is 0 Å². The minimum Gasteiger partial charge on any atom is -0.372 e. The fourth-order valence-corrected chi connectivity index (χ4v) is 3.88. The summed E-state index contributed by atoms with van der Waals surface area (Å²) in [6.07, 6.45) is 2.17. The standard InChI is InChI=1S/C23H36N6O3/c1-4-28(5-2)20-10-6-18(7-11-20)23(32)26-25-21(30)16-27-12-14-29(15-13-27)17(3)22(31)24-19-8-9-19/h6-7,10-11,17,19H,4-5,8-9,12-16H2,1-3H3,(H,24,31)(H,25,30)(H,26,32). The van der Waals surface area contributed by atoms with Gasteiger partial charge in [-0.15, -0.1) is 0 Å². The molecule has 32 heavy (non-hydrogen) atoms. The Morgan fingerprint density at radius 1 is 1.00 bits per heavy atom. The number of piperazine rings is 1. The van der Waals surface area contributed by atoms with E-state index in [1.807, 2.05) is 24.0 Å². The first-order valence-electron chi connectivity index (χ1n) is 11.6. The van der Waals surface area contributed by atoms with E-state index in [9.17, 15) is 14.4 Å². The molecule has 1 saturated carbocycles. The van der Waals surface area contributed by atoms with Gasteiger partial charge in [-0.05, 0) is 57.9 Å². The van der Waals surface area contributed by atoms with Crippen LogP contribution in [-0.4, -0.2) is 85.4 Å². The average molecular weight is 445 g/mol. The minimum atomic E-state index is -0.343.